The van der Waals surface area contributed by atoms with Crippen molar-refractivity contribution in [1.82, 2.24) is 5.32 Å². The fourth-order valence-electron chi connectivity index (χ4n) is 1.99. The zero-order valence-corrected chi connectivity index (χ0v) is 12.6. The van der Waals surface area contributed by atoms with E-state index < -0.39 is 6.09 Å². The first-order valence-electron chi connectivity index (χ1n) is 6.90. The Labute approximate surface area is 129 Å². The summed E-state index contributed by atoms with van der Waals surface area (Å²) in [5.41, 5.74) is 3.02. The largest absolute Gasteiger partial charge is 0.444 e. The highest BCUT2D eigenvalue weighted by atomic mass is 16.5. The number of benzene rings is 2. The van der Waals surface area contributed by atoms with Crippen molar-refractivity contribution in [1.29, 1.82) is 0 Å². The number of anilines is 1. The van der Waals surface area contributed by atoms with Crippen molar-refractivity contribution in [3.63, 3.8) is 0 Å². The van der Waals surface area contributed by atoms with Gasteiger partial charge in [0.1, 0.15) is 6.61 Å². The van der Waals surface area contributed by atoms with Crippen molar-refractivity contribution in [3.05, 3.63) is 65.2 Å². The summed E-state index contributed by atoms with van der Waals surface area (Å²) >= 11 is 0. The monoisotopic (exact) mass is 298 g/mol. The molecule has 0 saturated carbocycles. The summed E-state index contributed by atoms with van der Waals surface area (Å²) in [5.74, 6) is -0.211. The highest BCUT2D eigenvalue weighted by molar-refractivity contribution is 5.96. The second-order valence-corrected chi connectivity index (χ2v) is 4.85. The molecule has 0 spiro atoms. The van der Waals surface area contributed by atoms with Gasteiger partial charge in [0.15, 0.2) is 0 Å². The van der Waals surface area contributed by atoms with Crippen LogP contribution >= 0.6 is 0 Å². The molecule has 22 heavy (non-hydrogen) atoms. The van der Waals surface area contributed by atoms with Crippen LogP contribution in [-0.2, 0) is 11.3 Å². The van der Waals surface area contributed by atoms with E-state index in [9.17, 15) is 9.59 Å². The Kier molecular flexibility index (Phi) is 5.14. The lowest BCUT2D eigenvalue weighted by atomic mass is 10.1. The lowest BCUT2D eigenvalue weighted by Crippen LogP contribution is -2.18. The fraction of sp³-hybridized carbons (Fsp3) is 0.176. The molecule has 0 saturated heterocycles. The van der Waals surface area contributed by atoms with Gasteiger partial charge < -0.3 is 10.1 Å². The van der Waals surface area contributed by atoms with Crippen molar-refractivity contribution in [3.8, 4) is 0 Å². The smallest absolute Gasteiger partial charge is 0.411 e. The highest BCUT2D eigenvalue weighted by Crippen LogP contribution is 2.12. The van der Waals surface area contributed by atoms with E-state index in [1.807, 2.05) is 31.2 Å². The van der Waals surface area contributed by atoms with Gasteiger partial charge in [0.2, 0.25) is 0 Å². The average molecular weight is 298 g/mol. The van der Waals surface area contributed by atoms with Crippen LogP contribution in [0.2, 0.25) is 0 Å². The van der Waals surface area contributed by atoms with Crippen molar-refractivity contribution < 1.29 is 14.3 Å². The van der Waals surface area contributed by atoms with Gasteiger partial charge in [-0.05, 0) is 30.7 Å². The molecule has 0 fully saturated rings. The van der Waals surface area contributed by atoms with Crippen LogP contribution in [0.5, 0.6) is 0 Å². The van der Waals surface area contributed by atoms with Gasteiger partial charge in [0.05, 0.1) is 0 Å². The maximum absolute atomic E-state index is 11.8. The molecule has 0 aliphatic carbocycles. The van der Waals surface area contributed by atoms with E-state index in [1.165, 1.54) is 0 Å². The van der Waals surface area contributed by atoms with Gasteiger partial charge in [-0.15, -0.1) is 0 Å². The van der Waals surface area contributed by atoms with Crippen molar-refractivity contribution >= 4 is 17.7 Å². The van der Waals surface area contributed by atoms with E-state index in [0.29, 0.717) is 11.3 Å². The summed E-state index contributed by atoms with van der Waals surface area (Å²) in [6.07, 6.45) is -0.560. The summed E-state index contributed by atoms with van der Waals surface area (Å²) in [6.45, 7) is 2.18. The minimum Gasteiger partial charge on any atom is -0.444 e. The van der Waals surface area contributed by atoms with Crippen LogP contribution in [-0.4, -0.2) is 19.0 Å². The van der Waals surface area contributed by atoms with Gasteiger partial charge in [0, 0.05) is 18.3 Å². The second kappa shape index (κ2) is 7.26. The molecule has 0 aromatic heterocycles. The third kappa shape index (κ3) is 4.34. The van der Waals surface area contributed by atoms with E-state index in [4.69, 9.17) is 4.74 Å². The van der Waals surface area contributed by atoms with Crippen LogP contribution < -0.4 is 10.6 Å². The summed E-state index contributed by atoms with van der Waals surface area (Å²) in [4.78, 5) is 23.3. The van der Waals surface area contributed by atoms with E-state index in [0.717, 1.165) is 11.1 Å². The first kappa shape index (κ1) is 15.6. The van der Waals surface area contributed by atoms with Crippen LogP contribution in [0.15, 0.2) is 48.5 Å². The minimum absolute atomic E-state index is 0.197. The highest BCUT2D eigenvalue weighted by Gasteiger charge is 2.07. The van der Waals surface area contributed by atoms with Crippen LogP contribution in [0.25, 0.3) is 0 Å². The van der Waals surface area contributed by atoms with E-state index >= 15 is 0 Å². The second-order valence-electron chi connectivity index (χ2n) is 4.85. The van der Waals surface area contributed by atoms with Gasteiger partial charge in [-0.25, -0.2) is 4.79 Å². The van der Waals surface area contributed by atoms with Crippen molar-refractivity contribution in [2.24, 2.45) is 0 Å². The maximum Gasteiger partial charge on any atom is 0.411 e. The van der Waals surface area contributed by atoms with Gasteiger partial charge >= 0.3 is 6.09 Å². The Morgan fingerprint density at radius 2 is 1.86 bits per heavy atom. The minimum atomic E-state index is -0.560. The summed E-state index contributed by atoms with van der Waals surface area (Å²) in [6, 6.07) is 14.4. The summed E-state index contributed by atoms with van der Waals surface area (Å²) in [7, 11) is 1.55. The Balaban J connectivity index is 1.93. The number of amides is 2. The molecule has 2 aromatic rings. The van der Waals surface area contributed by atoms with Gasteiger partial charge in [-0.2, -0.15) is 0 Å². The normalized spacial score (nSPS) is 9.91. The van der Waals surface area contributed by atoms with Crippen LogP contribution in [0.3, 0.4) is 0 Å². The molecule has 0 bridgehead atoms. The number of hydrogen-bond donors (Lipinski definition) is 2. The summed E-state index contributed by atoms with van der Waals surface area (Å²) < 4.78 is 5.16. The molecular formula is C17H18N2O3. The molecule has 5 nitrogen and oxygen atoms in total. The quantitative estimate of drug-likeness (QED) is 0.911. The summed E-state index contributed by atoms with van der Waals surface area (Å²) in [5, 5.41) is 5.14. The first-order valence-corrected chi connectivity index (χ1v) is 6.90. The molecule has 0 aliphatic rings. The number of carbonyl (C=O) groups is 2. The molecule has 2 N–H and O–H groups in total. The molecule has 5 heteroatoms. The Bertz CT molecular complexity index is 683. The van der Waals surface area contributed by atoms with Gasteiger partial charge in [-0.1, -0.05) is 35.9 Å². The third-order valence-corrected chi connectivity index (χ3v) is 3.05. The fourth-order valence-corrected chi connectivity index (χ4v) is 1.99. The lowest BCUT2D eigenvalue weighted by Gasteiger charge is -2.08. The number of carbonyl (C=O) groups excluding carboxylic acids is 2. The molecular weight excluding hydrogens is 280 g/mol. The number of rotatable bonds is 4. The molecule has 2 aromatic carbocycles. The van der Waals surface area contributed by atoms with Crippen LogP contribution in [0, 0.1) is 6.92 Å². The molecule has 114 valence electrons. The van der Waals surface area contributed by atoms with Gasteiger partial charge in [0.25, 0.3) is 5.91 Å². The zero-order valence-electron chi connectivity index (χ0n) is 12.6. The predicted octanol–water partition coefficient (Wildman–Crippen LogP) is 3.10. The van der Waals surface area contributed by atoms with E-state index in [-0.39, 0.29) is 12.5 Å². The number of hydrogen-bond acceptors (Lipinski definition) is 3. The number of nitrogens with one attached hydrogen (secondary N) is 2. The Morgan fingerprint density at radius 1 is 1.09 bits per heavy atom. The average Bonchev–Trinajstić information content (AvgIpc) is 2.52. The van der Waals surface area contributed by atoms with E-state index in [1.54, 1.807) is 31.3 Å². The molecule has 2 amide bonds. The molecule has 2 rings (SSSR count). The Morgan fingerprint density at radius 3 is 2.59 bits per heavy atom. The molecule has 0 aliphatic heterocycles. The third-order valence-electron chi connectivity index (χ3n) is 3.05. The number of ether oxygens (including phenoxy) is 1. The van der Waals surface area contributed by atoms with Crippen molar-refractivity contribution in [2.75, 3.05) is 12.4 Å². The van der Waals surface area contributed by atoms with Crippen LogP contribution in [0.1, 0.15) is 21.5 Å². The first-order chi connectivity index (χ1) is 10.6. The SMILES string of the molecule is CNC(=O)c1cccc(NC(=O)OCc2cccc(C)c2)c1. The van der Waals surface area contributed by atoms with Gasteiger partial charge in [-0.3, -0.25) is 10.1 Å². The molecule has 0 unspecified atom stereocenters. The maximum atomic E-state index is 11.8. The number of aryl methyl sites for hydroxylation is 1. The van der Waals surface area contributed by atoms with Crippen LogP contribution in [0.4, 0.5) is 10.5 Å². The lowest BCUT2D eigenvalue weighted by molar-refractivity contribution is 0.0963. The standard InChI is InChI=1S/C17H18N2O3/c1-12-5-3-6-13(9-12)11-22-17(21)19-15-8-4-7-14(10-15)16(20)18-2/h3-10H,11H2,1-2H3,(H,18,20)(H,19,21). The molecule has 0 atom stereocenters. The predicted molar refractivity (Wildman–Crippen MR) is 84.8 cm³/mol. The molecule has 0 heterocycles. The van der Waals surface area contributed by atoms with E-state index in [2.05, 4.69) is 10.6 Å². The topological polar surface area (TPSA) is 67.4 Å². The zero-order chi connectivity index (χ0) is 15.9. The molecule has 0 radical (unpaired) electrons. The van der Waals surface area contributed by atoms with Crippen molar-refractivity contribution in [2.45, 2.75) is 13.5 Å². The Hall–Kier alpha value is -2.82.